The Kier molecular flexibility index (Phi) is 6.28. The molecule has 2 amide bonds. The summed E-state index contributed by atoms with van der Waals surface area (Å²) >= 11 is 0. The molecular weight excluding hydrogens is 180 g/mol. The maximum atomic E-state index is 11.2. The molecule has 4 nitrogen and oxygen atoms in total. The van der Waals surface area contributed by atoms with Gasteiger partial charge in [-0.1, -0.05) is 20.8 Å². The van der Waals surface area contributed by atoms with E-state index in [4.69, 9.17) is 5.11 Å². The van der Waals surface area contributed by atoms with Crippen LogP contribution in [0.1, 0.15) is 33.6 Å². The summed E-state index contributed by atoms with van der Waals surface area (Å²) in [6, 6.07) is -0.127. The van der Waals surface area contributed by atoms with Crippen molar-refractivity contribution in [3.05, 3.63) is 0 Å². The molecule has 0 heterocycles. The summed E-state index contributed by atoms with van der Waals surface area (Å²) in [5, 5.41) is 14.3. The maximum absolute atomic E-state index is 11.2. The molecule has 0 radical (unpaired) electrons. The third kappa shape index (κ3) is 6.71. The van der Waals surface area contributed by atoms with Gasteiger partial charge in [0.2, 0.25) is 0 Å². The van der Waals surface area contributed by atoms with Crippen molar-refractivity contribution in [2.75, 3.05) is 19.7 Å². The molecule has 0 aliphatic heterocycles. The lowest BCUT2D eigenvalue weighted by atomic mass is 9.90. The Morgan fingerprint density at radius 2 is 2.00 bits per heavy atom. The lowest BCUT2D eigenvalue weighted by molar-refractivity contribution is 0.201. The molecule has 0 aliphatic carbocycles. The summed E-state index contributed by atoms with van der Waals surface area (Å²) in [7, 11) is 0. The number of aliphatic hydroxyl groups excluding tert-OH is 1. The van der Waals surface area contributed by atoms with Gasteiger partial charge in [-0.2, -0.15) is 0 Å². The van der Waals surface area contributed by atoms with E-state index in [0.29, 0.717) is 19.5 Å². The van der Waals surface area contributed by atoms with Crippen molar-refractivity contribution in [1.29, 1.82) is 0 Å². The lowest BCUT2D eigenvalue weighted by Gasteiger charge is -2.23. The summed E-state index contributed by atoms with van der Waals surface area (Å²) in [6.07, 6.45) is 1.63. The molecule has 0 aromatic rings. The molecule has 14 heavy (non-hydrogen) atoms. The molecular formula is C10H22N2O2. The van der Waals surface area contributed by atoms with Gasteiger partial charge in [0.15, 0.2) is 0 Å². The molecule has 0 spiro atoms. The quantitative estimate of drug-likeness (QED) is 0.604. The van der Waals surface area contributed by atoms with E-state index < -0.39 is 0 Å². The Labute approximate surface area is 86.1 Å². The normalized spacial score (nSPS) is 11.1. The van der Waals surface area contributed by atoms with Crippen LogP contribution in [0, 0.1) is 5.41 Å². The van der Waals surface area contributed by atoms with Crippen LogP contribution in [-0.2, 0) is 0 Å². The smallest absolute Gasteiger partial charge is 0.314 e. The van der Waals surface area contributed by atoms with Gasteiger partial charge in [-0.3, -0.25) is 0 Å². The summed E-state index contributed by atoms with van der Waals surface area (Å²) in [6.45, 7) is 7.49. The molecule has 0 rings (SSSR count). The number of hydrogen-bond donors (Lipinski definition) is 3. The summed E-state index contributed by atoms with van der Waals surface area (Å²) < 4.78 is 0. The van der Waals surface area contributed by atoms with Crippen molar-refractivity contribution in [2.45, 2.75) is 33.6 Å². The van der Waals surface area contributed by atoms with Crippen LogP contribution >= 0.6 is 0 Å². The van der Waals surface area contributed by atoms with Gasteiger partial charge < -0.3 is 15.7 Å². The average Bonchev–Trinajstić information content (AvgIpc) is 2.11. The largest absolute Gasteiger partial charge is 0.396 e. The molecule has 0 saturated carbocycles. The van der Waals surface area contributed by atoms with E-state index in [0.717, 1.165) is 6.42 Å². The third-order valence-electron chi connectivity index (χ3n) is 2.05. The van der Waals surface area contributed by atoms with Crippen LogP contribution in [0.5, 0.6) is 0 Å². The van der Waals surface area contributed by atoms with Gasteiger partial charge in [0, 0.05) is 19.7 Å². The van der Waals surface area contributed by atoms with Gasteiger partial charge in [-0.15, -0.1) is 0 Å². The van der Waals surface area contributed by atoms with Crippen molar-refractivity contribution in [3.63, 3.8) is 0 Å². The first-order chi connectivity index (χ1) is 6.52. The van der Waals surface area contributed by atoms with Crippen LogP contribution in [0.4, 0.5) is 4.79 Å². The molecule has 0 fully saturated rings. The van der Waals surface area contributed by atoms with E-state index in [-0.39, 0.29) is 18.1 Å². The van der Waals surface area contributed by atoms with E-state index in [1.807, 2.05) is 20.8 Å². The van der Waals surface area contributed by atoms with E-state index in [2.05, 4.69) is 10.6 Å². The minimum Gasteiger partial charge on any atom is -0.396 e. The molecule has 0 bridgehead atoms. The number of aliphatic hydroxyl groups is 1. The number of carbonyl (C=O) groups excluding carboxylic acids is 1. The zero-order valence-corrected chi connectivity index (χ0v) is 9.39. The van der Waals surface area contributed by atoms with E-state index >= 15 is 0 Å². The zero-order valence-electron chi connectivity index (χ0n) is 9.39. The lowest BCUT2D eigenvalue weighted by Crippen LogP contribution is -2.41. The van der Waals surface area contributed by atoms with Crippen LogP contribution in [0.15, 0.2) is 0 Å². The van der Waals surface area contributed by atoms with Gasteiger partial charge in [-0.05, 0) is 18.3 Å². The standard InChI is InChI=1S/C10H22N2O2/c1-4-6-11-9(14)12-8-10(2,3)5-7-13/h13H,4-8H2,1-3H3,(H2,11,12,14). The molecule has 0 atom stereocenters. The van der Waals surface area contributed by atoms with Crippen molar-refractivity contribution >= 4 is 6.03 Å². The highest BCUT2D eigenvalue weighted by molar-refractivity contribution is 5.73. The monoisotopic (exact) mass is 202 g/mol. The van der Waals surface area contributed by atoms with Crippen LogP contribution in [0.3, 0.4) is 0 Å². The fraction of sp³-hybridized carbons (Fsp3) is 0.900. The Bertz CT molecular complexity index is 170. The predicted molar refractivity (Wildman–Crippen MR) is 57.2 cm³/mol. The van der Waals surface area contributed by atoms with Crippen molar-refractivity contribution in [2.24, 2.45) is 5.41 Å². The highest BCUT2D eigenvalue weighted by Crippen LogP contribution is 2.17. The first-order valence-corrected chi connectivity index (χ1v) is 5.14. The molecule has 0 aliphatic rings. The van der Waals surface area contributed by atoms with E-state index in [1.54, 1.807) is 0 Å². The first-order valence-electron chi connectivity index (χ1n) is 5.14. The summed E-state index contributed by atoms with van der Waals surface area (Å²) in [5.41, 5.74) is -0.0433. The Hall–Kier alpha value is -0.770. The van der Waals surface area contributed by atoms with E-state index in [9.17, 15) is 4.79 Å². The fourth-order valence-electron chi connectivity index (χ4n) is 1.01. The number of rotatable bonds is 6. The predicted octanol–water partition coefficient (Wildman–Crippen LogP) is 1.10. The zero-order chi connectivity index (χ0) is 11.0. The van der Waals surface area contributed by atoms with Crippen LogP contribution in [0.25, 0.3) is 0 Å². The minimum atomic E-state index is -0.127. The van der Waals surface area contributed by atoms with Gasteiger partial charge in [0.1, 0.15) is 0 Å². The highest BCUT2D eigenvalue weighted by atomic mass is 16.3. The van der Waals surface area contributed by atoms with E-state index in [1.165, 1.54) is 0 Å². The number of urea groups is 1. The SMILES string of the molecule is CCCNC(=O)NCC(C)(C)CCO. The maximum Gasteiger partial charge on any atom is 0.314 e. The summed E-state index contributed by atoms with van der Waals surface area (Å²) in [5.74, 6) is 0. The second kappa shape index (κ2) is 6.65. The first kappa shape index (κ1) is 13.2. The molecule has 4 heteroatoms. The fourth-order valence-corrected chi connectivity index (χ4v) is 1.01. The van der Waals surface area contributed by atoms with Gasteiger partial charge >= 0.3 is 6.03 Å². The van der Waals surface area contributed by atoms with Crippen LogP contribution < -0.4 is 10.6 Å². The Balaban J connectivity index is 3.64. The molecule has 0 saturated heterocycles. The molecule has 0 aromatic carbocycles. The topological polar surface area (TPSA) is 61.4 Å². The van der Waals surface area contributed by atoms with Crippen molar-refractivity contribution < 1.29 is 9.90 Å². The second-order valence-electron chi connectivity index (χ2n) is 4.25. The average molecular weight is 202 g/mol. The van der Waals surface area contributed by atoms with Crippen molar-refractivity contribution in [3.8, 4) is 0 Å². The molecule has 84 valence electrons. The number of carbonyl (C=O) groups is 1. The van der Waals surface area contributed by atoms with Crippen LogP contribution in [0.2, 0.25) is 0 Å². The van der Waals surface area contributed by atoms with Gasteiger partial charge in [-0.25, -0.2) is 4.79 Å². The van der Waals surface area contributed by atoms with Crippen molar-refractivity contribution in [1.82, 2.24) is 10.6 Å². The molecule has 3 N–H and O–H groups in total. The Morgan fingerprint density at radius 3 is 2.50 bits per heavy atom. The second-order valence-corrected chi connectivity index (χ2v) is 4.25. The van der Waals surface area contributed by atoms with Gasteiger partial charge in [0.05, 0.1) is 0 Å². The third-order valence-corrected chi connectivity index (χ3v) is 2.05. The van der Waals surface area contributed by atoms with Crippen LogP contribution in [-0.4, -0.2) is 30.8 Å². The number of hydrogen-bond acceptors (Lipinski definition) is 2. The Morgan fingerprint density at radius 1 is 1.36 bits per heavy atom. The number of amides is 2. The number of nitrogens with one attached hydrogen (secondary N) is 2. The highest BCUT2D eigenvalue weighted by Gasteiger charge is 2.17. The minimum absolute atomic E-state index is 0.0433. The summed E-state index contributed by atoms with van der Waals surface area (Å²) in [4.78, 5) is 11.2. The molecule has 0 aromatic heterocycles. The van der Waals surface area contributed by atoms with Gasteiger partial charge in [0.25, 0.3) is 0 Å². The molecule has 0 unspecified atom stereocenters.